The maximum Gasteiger partial charge on any atom is 0.307 e. The highest BCUT2D eigenvalue weighted by atomic mass is 32.1. The van der Waals surface area contributed by atoms with Crippen LogP contribution in [0.15, 0.2) is 24.4 Å². The van der Waals surface area contributed by atoms with Gasteiger partial charge in [0.25, 0.3) is 0 Å². The van der Waals surface area contributed by atoms with Gasteiger partial charge in [0.15, 0.2) is 5.13 Å². The van der Waals surface area contributed by atoms with Crippen molar-refractivity contribution in [1.82, 2.24) is 14.9 Å². The fourth-order valence-corrected chi connectivity index (χ4v) is 6.16. The number of aromatic nitrogens is 2. The molecule has 1 aliphatic carbocycles. The first-order chi connectivity index (χ1) is 15.5. The van der Waals surface area contributed by atoms with E-state index in [2.05, 4.69) is 16.4 Å². The number of nitrogens with zero attached hydrogens (tertiary/aromatic N) is 3. The number of pyridine rings is 1. The van der Waals surface area contributed by atoms with Gasteiger partial charge in [0.2, 0.25) is 5.91 Å². The smallest absolute Gasteiger partial charge is 0.307 e. The van der Waals surface area contributed by atoms with E-state index in [4.69, 9.17) is 9.72 Å². The van der Waals surface area contributed by atoms with Crippen LogP contribution in [0.2, 0.25) is 0 Å². The highest BCUT2D eigenvalue weighted by Crippen LogP contribution is 2.45. The Labute approximate surface area is 192 Å². The van der Waals surface area contributed by atoms with Gasteiger partial charge < -0.3 is 15.0 Å². The molecule has 1 spiro atoms. The van der Waals surface area contributed by atoms with E-state index in [1.54, 1.807) is 11.3 Å². The van der Waals surface area contributed by atoms with E-state index in [-0.39, 0.29) is 24.2 Å². The number of piperidine rings is 1. The third-order valence-electron chi connectivity index (χ3n) is 7.17. The van der Waals surface area contributed by atoms with Crippen molar-refractivity contribution in [2.75, 3.05) is 18.4 Å². The number of ether oxygens (including phenoxy) is 1. The molecule has 0 radical (unpaired) electrons. The van der Waals surface area contributed by atoms with Crippen LogP contribution < -0.4 is 5.32 Å². The Hall–Kier alpha value is -2.48. The van der Waals surface area contributed by atoms with Crippen LogP contribution in [0.1, 0.15) is 67.9 Å². The summed E-state index contributed by atoms with van der Waals surface area (Å²) in [6.45, 7) is 3.44. The van der Waals surface area contributed by atoms with Crippen LogP contribution >= 0.6 is 11.3 Å². The molecule has 3 aliphatic rings. The average molecular weight is 455 g/mol. The largest absolute Gasteiger partial charge is 0.458 e. The summed E-state index contributed by atoms with van der Waals surface area (Å²) in [4.78, 5) is 37.8. The van der Waals surface area contributed by atoms with Crippen LogP contribution in [0.5, 0.6) is 0 Å². The van der Waals surface area contributed by atoms with Crippen LogP contribution in [-0.4, -0.2) is 45.4 Å². The molecule has 1 N–H and O–H groups in total. The molecular weight excluding hydrogens is 424 g/mol. The quantitative estimate of drug-likeness (QED) is 0.682. The lowest BCUT2D eigenvalue weighted by atomic mass is 9.75. The summed E-state index contributed by atoms with van der Waals surface area (Å²) in [7, 11) is 0. The zero-order valence-corrected chi connectivity index (χ0v) is 19.3. The SMILES string of the molecule is Cc1cnc(Nc2cccc(C3CCN(C(=O)C4CC(=O)OC45CCCCC5)CC3)n2)s1. The van der Waals surface area contributed by atoms with E-state index < -0.39 is 5.60 Å². The second-order valence-corrected chi connectivity index (χ2v) is 10.5. The Morgan fingerprint density at radius 1 is 1.22 bits per heavy atom. The van der Waals surface area contributed by atoms with Crippen molar-refractivity contribution in [3.05, 3.63) is 35.0 Å². The van der Waals surface area contributed by atoms with Crippen molar-refractivity contribution in [3.8, 4) is 0 Å². The fraction of sp³-hybridized carbons (Fsp3) is 0.583. The minimum atomic E-state index is -0.543. The first-order valence-corrected chi connectivity index (χ1v) is 12.5. The zero-order valence-electron chi connectivity index (χ0n) is 18.5. The first-order valence-electron chi connectivity index (χ1n) is 11.7. The van der Waals surface area contributed by atoms with Crippen LogP contribution in [-0.2, 0) is 14.3 Å². The normalized spacial score (nSPS) is 23.3. The molecule has 2 saturated heterocycles. The minimum absolute atomic E-state index is 0.110. The van der Waals surface area contributed by atoms with Crippen molar-refractivity contribution >= 4 is 34.2 Å². The van der Waals surface area contributed by atoms with Crippen LogP contribution in [0, 0.1) is 12.8 Å². The molecule has 0 bridgehead atoms. The monoisotopic (exact) mass is 454 g/mol. The van der Waals surface area contributed by atoms with Gasteiger partial charge in [-0.05, 0) is 57.6 Å². The maximum atomic E-state index is 13.4. The molecule has 2 aromatic heterocycles. The van der Waals surface area contributed by atoms with E-state index >= 15 is 0 Å². The van der Waals surface area contributed by atoms with Gasteiger partial charge in [0.1, 0.15) is 11.4 Å². The molecule has 1 amide bonds. The number of aryl methyl sites for hydroxylation is 1. The molecule has 1 saturated carbocycles. The summed E-state index contributed by atoms with van der Waals surface area (Å²) in [6, 6.07) is 6.05. The molecule has 1 unspecified atom stereocenters. The van der Waals surface area contributed by atoms with Gasteiger partial charge in [-0.2, -0.15) is 0 Å². The highest BCUT2D eigenvalue weighted by Gasteiger charge is 2.53. The lowest BCUT2D eigenvalue weighted by Crippen LogP contribution is -2.49. The lowest BCUT2D eigenvalue weighted by Gasteiger charge is -2.39. The zero-order chi connectivity index (χ0) is 22.1. The van der Waals surface area contributed by atoms with Gasteiger partial charge in [-0.15, -0.1) is 11.3 Å². The molecule has 7 nitrogen and oxygen atoms in total. The molecule has 2 aromatic rings. The molecule has 0 aromatic carbocycles. The molecule has 8 heteroatoms. The predicted molar refractivity (Wildman–Crippen MR) is 123 cm³/mol. The van der Waals surface area contributed by atoms with Crippen molar-refractivity contribution in [2.24, 2.45) is 5.92 Å². The first kappa shape index (κ1) is 21.4. The number of nitrogens with one attached hydrogen (secondary N) is 1. The number of amides is 1. The number of esters is 1. The molecule has 1 atom stereocenters. The van der Waals surface area contributed by atoms with E-state index in [1.165, 1.54) is 0 Å². The summed E-state index contributed by atoms with van der Waals surface area (Å²) >= 11 is 1.61. The lowest BCUT2D eigenvalue weighted by molar-refractivity contribution is -0.156. The van der Waals surface area contributed by atoms with Crippen LogP contribution in [0.25, 0.3) is 0 Å². The summed E-state index contributed by atoms with van der Waals surface area (Å²) < 4.78 is 5.76. The van der Waals surface area contributed by atoms with Gasteiger partial charge in [0, 0.05) is 35.8 Å². The molecule has 170 valence electrons. The summed E-state index contributed by atoms with van der Waals surface area (Å²) in [5, 5.41) is 4.14. The van der Waals surface area contributed by atoms with Crippen molar-refractivity contribution in [1.29, 1.82) is 0 Å². The average Bonchev–Trinajstić information content (AvgIpc) is 3.36. The van der Waals surface area contributed by atoms with Crippen LogP contribution in [0.4, 0.5) is 10.9 Å². The maximum absolute atomic E-state index is 13.4. The Balaban J connectivity index is 1.22. The molecule has 5 rings (SSSR count). The van der Waals surface area contributed by atoms with Crippen LogP contribution in [0.3, 0.4) is 0 Å². The van der Waals surface area contributed by atoms with E-state index in [9.17, 15) is 9.59 Å². The van der Waals surface area contributed by atoms with Crippen molar-refractivity contribution < 1.29 is 14.3 Å². The Morgan fingerprint density at radius 3 is 2.72 bits per heavy atom. The van der Waals surface area contributed by atoms with Gasteiger partial charge in [-0.1, -0.05) is 12.5 Å². The van der Waals surface area contributed by atoms with Crippen molar-refractivity contribution in [2.45, 2.75) is 69.8 Å². The van der Waals surface area contributed by atoms with E-state index in [0.29, 0.717) is 19.0 Å². The number of hydrogen-bond acceptors (Lipinski definition) is 7. The van der Waals surface area contributed by atoms with E-state index in [1.807, 2.05) is 30.2 Å². The third-order valence-corrected chi connectivity index (χ3v) is 8.00. The van der Waals surface area contributed by atoms with Gasteiger partial charge >= 0.3 is 5.97 Å². The Kier molecular flexibility index (Phi) is 5.88. The fourth-order valence-electron chi connectivity index (χ4n) is 5.49. The summed E-state index contributed by atoms with van der Waals surface area (Å²) in [6.07, 6.45) is 8.75. The summed E-state index contributed by atoms with van der Waals surface area (Å²) in [5.74, 6) is 0.724. The number of rotatable bonds is 4. The van der Waals surface area contributed by atoms with Gasteiger partial charge in [-0.25, -0.2) is 9.97 Å². The standard InChI is InChI=1S/C24H30N4O3S/c1-16-15-25-23(32-16)27-20-7-5-6-19(26-20)17-8-12-28(13-9-17)22(30)18-14-21(29)31-24(18)10-3-2-4-11-24/h5-7,15,17-18H,2-4,8-14H2,1H3,(H,25,26,27). The molecule has 4 heterocycles. The van der Waals surface area contributed by atoms with Crippen molar-refractivity contribution in [3.63, 3.8) is 0 Å². The second kappa shape index (κ2) is 8.81. The molecule has 2 aliphatic heterocycles. The minimum Gasteiger partial charge on any atom is -0.458 e. The second-order valence-electron chi connectivity index (χ2n) is 9.30. The number of likely N-dealkylation sites (tertiary alicyclic amines) is 1. The number of hydrogen-bond donors (Lipinski definition) is 1. The summed E-state index contributed by atoms with van der Waals surface area (Å²) in [5.41, 5.74) is 0.512. The molecule has 32 heavy (non-hydrogen) atoms. The van der Waals surface area contributed by atoms with E-state index in [0.717, 1.165) is 66.5 Å². The number of carbonyl (C=O) groups is 2. The number of carbonyl (C=O) groups excluding carboxylic acids is 2. The van der Waals surface area contributed by atoms with Gasteiger partial charge in [-0.3, -0.25) is 9.59 Å². The number of thiazole rings is 1. The topological polar surface area (TPSA) is 84.4 Å². The third kappa shape index (κ3) is 4.25. The molecule has 3 fully saturated rings. The highest BCUT2D eigenvalue weighted by molar-refractivity contribution is 7.15. The van der Waals surface area contributed by atoms with Gasteiger partial charge in [0.05, 0.1) is 12.3 Å². The molecular formula is C24H30N4O3S. The predicted octanol–water partition coefficient (Wildman–Crippen LogP) is 4.56. The Bertz CT molecular complexity index is 993. The number of anilines is 2. The Morgan fingerprint density at radius 2 is 2.00 bits per heavy atom.